The largest absolute Gasteiger partial charge is 0.505 e. The van der Waals surface area contributed by atoms with E-state index >= 15 is 0 Å². The number of benzene rings is 3. The highest BCUT2D eigenvalue weighted by Gasteiger charge is 2.33. The van der Waals surface area contributed by atoms with E-state index < -0.39 is 10.3 Å². The highest BCUT2D eigenvalue weighted by atomic mass is 35.5. The minimum atomic E-state index is -0.549. The Bertz CT molecular complexity index is 1290. The Balaban J connectivity index is 2.23. The SMILES string of the molecule is CC(C)(C)CC(C)(C)c1cc(/N=N/c2ccc(Cl)cc2[N+](=O)[O-])c(O)c(C(C)(C)c2ccccc2)c1. The van der Waals surface area contributed by atoms with E-state index in [4.69, 9.17) is 11.6 Å². The predicted octanol–water partition coefficient (Wildman–Crippen LogP) is 9.41. The quantitative estimate of drug-likeness (QED) is 0.196. The Morgan fingerprint density at radius 2 is 1.47 bits per heavy atom. The second-order valence-electron chi connectivity index (χ2n) is 11.6. The number of nitro groups is 1. The number of azo groups is 1. The van der Waals surface area contributed by atoms with Gasteiger partial charge in [-0.2, -0.15) is 0 Å². The third-order valence-corrected chi connectivity index (χ3v) is 6.65. The van der Waals surface area contributed by atoms with Crippen molar-refractivity contribution in [2.24, 2.45) is 15.6 Å². The lowest BCUT2D eigenvalue weighted by molar-refractivity contribution is -0.384. The number of rotatable bonds is 7. The van der Waals surface area contributed by atoms with Crippen molar-refractivity contribution >= 4 is 28.7 Å². The zero-order chi connectivity index (χ0) is 26.9. The van der Waals surface area contributed by atoms with E-state index in [9.17, 15) is 15.2 Å². The molecule has 6 nitrogen and oxygen atoms in total. The lowest BCUT2D eigenvalue weighted by Crippen LogP contribution is -2.26. The van der Waals surface area contributed by atoms with E-state index in [1.807, 2.05) is 36.4 Å². The highest BCUT2D eigenvalue weighted by molar-refractivity contribution is 6.30. The van der Waals surface area contributed by atoms with Crippen LogP contribution in [0.3, 0.4) is 0 Å². The molecule has 0 aliphatic rings. The van der Waals surface area contributed by atoms with Gasteiger partial charge in [0.1, 0.15) is 11.4 Å². The lowest BCUT2D eigenvalue weighted by Gasteiger charge is -2.35. The summed E-state index contributed by atoms with van der Waals surface area (Å²) in [6.07, 6.45) is 0.898. The Morgan fingerprint density at radius 1 is 0.861 bits per heavy atom. The first-order valence-electron chi connectivity index (χ1n) is 11.9. The molecule has 0 heterocycles. The lowest BCUT2D eigenvalue weighted by atomic mass is 9.70. The molecule has 3 aromatic rings. The second kappa shape index (κ2) is 10.0. The molecule has 36 heavy (non-hydrogen) atoms. The summed E-state index contributed by atoms with van der Waals surface area (Å²) >= 11 is 5.94. The number of hydrogen-bond donors (Lipinski definition) is 1. The number of phenols is 1. The van der Waals surface area contributed by atoms with Crippen LogP contribution in [0.25, 0.3) is 0 Å². The standard InChI is InChI=1S/C29H34ClN3O3/c1-27(2,3)18-28(4,5)20-15-22(29(6,7)19-11-9-8-10-12-19)26(34)24(16-20)32-31-23-14-13-21(30)17-25(23)33(35)36/h8-17,34H,18H2,1-7H3/b32-31+. The van der Waals surface area contributed by atoms with Gasteiger partial charge in [0.05, 0.1) is 4.92 Å². The molecular weight excluding hydrogens is 474 g/mol. The number of phenolic OH excluding ortho intramolecular Hbond substituents is 1. The molecule has 0 radical (unpaired) electrons. The molecule has 0 bridgehead atoms. The van der Waals surface area contributed by atoms with Gasteiger partial charge in [0.25, 0.3) is 5.69 Å². The molecule has 3 aromatic carbocycles. The Kier molecular flexibility index (Phi) is 7.61. The molecule has 0 saturated carbocycles. The summed E-state index contributed by atoms with van der Waals surface area (Å²) in [4.78, 5) is 11.0. The van der Waals surface area contributed by atoms with Crippen molar-refractivity contribution in [2.75, 3.05) is 0 Å². The van der Waals surface area contributed by atoms with Crippen LogP contribution < -0.4 is 0 Å². The highest BCUT2D eigenvalue weighted by Crippen LogP contribution is 2.47. The summed E-state index contributed by atoms with van der Waals surface area (Å²) in [5.41, 5.74) is 2.15. The molecule has 0 aromatic heterocycles. The first-order chi connectivity index (χ1) is 16.6. The summed E-state index contributed by atoms with van der Waals surface area (Å²) in [6.45, 7) is 15.1. The zero-order valence-corrected chi connectivity index (χ0v) is 22.7. The van der Waals surface area contributed by atoms with E-state index in [1.54, 1.807) is 0 Å². The first kappa shape index (κ1) is 27.3. The maximum absolute atomic E-state index is 11.5. The van der Waals surface area contributed by atoms with Gasteiger partial charge in [0.2, 0.25) is 0 Å². The Hall–Kier alpha value is -3.25. The molecule has 7 heteroatoms. The van der Waals surface area contributed by atoms with Crippen LogP contribution in [0.2, 0.25) is 5.02 Å². The van der Waals surface area contributed by atoms with Gasteiger partial charge in [-0.25, -0.2) is 0 Å². The van der Waals surface area contributed by atoms with Gasteiger partial charge in [-0.05, 0) is 46.6 Å². The molecule has 190 valence electrons. The van der Waals surface area contributed by atoms with E-state index in [1.165, 1.54) is 18.2 Å². The third kappa shape index (κ3) is 6.11. The summed E-state index contributed by atoms with van der Waals surface area (Å²) in [6, 6.07) is 18.1. The van der Waals surface area contributed by atoms with E-state index in [0.717, 1.165) is 17.5 Å². The van der Waals surface area contributed by atoms with Gasteiger partial charge < -0.3 is 5.11 Å². The maximum Gasteiger partial charge on any atom is 0.298 e. The molecule has 0 amide bonds. The average molecular weight is 508 g/mol. The Labute approximate surface area is 218 Å². The molecule has 0 aliphatic heterocycles. The van der Waals surface area contributed by atoms with Gasteiger partial charge in [0, 0.05) is 22.1 Å². The van der Waals surface area contributed by atoms with Crippen LogP contribution in [-0.2, 0) is 10.8 Å². The van der Waals surface area contributed by atoms with Crippen molar-refractivity contribution in [3.63, 3.8) is 0 Å². The number of aromatic hydroxyl groups is 1. The van der Waals surface area contributed by atoms with Gasteiger partial charge in [-0.1, -0.05) is 96.5 Å². The molecule has 0 spiro atoms. The van der Waals surface area contributed by atoms with Crippen LogP contribution >= 0.6 is 11.6 Å². The van der Waals surface area contributed by atoms with Crippen molar-refractivity contribution < 1.29 is 10.0 Å². The smallest absolute Gasteiger partial charge is 0.298 e. The minimum absolute atomic E-state index is 0.000437. The summed E-state index contributed by atoms with van der Waals surface area (Å²) in [7, 11) is 0. The van der Waals surface area contributed by atoms with E-state index in [-0.39, 0.29) is 38.7 Å². The van der Waals surface area contributed by atoms with Crippen molar-refractivity contribution in [3.05, 3.63) is 92.5 Å². The fourth-order valence-electron chi connectivity index (χ4n) is 4.84. The molecule has 0 fully saturated rings. The predicted molar refractivity (Wildman–Crippen MR) is 146 cm³/mol. The normalized spacial score (nSPS) is 12.8. The molecule has 0 atom stereocenters. The molecule has 0 saturated heterocycles. The van der Waals surface area contributed by atoms with Crippen molar-refractivity contribution in [3.8, 4) is 5.75 Å². The number of hydrogen-bond acceptors (Lipinski definition) is 5. The zero-order valence-electron chi connectivity index (χ0n) is 22.0. The Morgan fingerprint density at radius 3 is 2.06 bits per heavy atom. The second-order valence-corrected chi connectivity index (χ2v) is 12.0. The monoisotopic (exact) mass is 507 g/mol. The van der Waals surface area contributed by atoms with Gasteiger partial charge in [-0.3, -0.25) is 10.1 Å². The topological polar surface area (TPSA) is 88.1 Å². The van der Waals surface area contributed by atoms with Crippen LogP contribution in [0, 0.1) is 15.5 Å². The molecular formula is C29H34ClN3O3. The van der Waals surface area contributed by atoms with Crippen LogP contribution in [0.1, 0.15) is 71.6 Å². The summed E-state index contributed by atoms with van der Waals surface area (Å²) in [5, 5.41) is 31.6. The summed E-state index contributed by atoms with van der Waals surface area (Å²) < 4.78 is 0. The fourth-order valence-corrected chi connectivity index (χ4v) is 5.00. The van der Waals surface area contributed by atoms with Crippen molar-refractivity contribution in [1.29, 1.82) is 0 Å². The van der Waals surface area contributed by atoms with Crippen LogP contribution in [0.15, 0.2) is 70.9 Å². The first-order valence-corrected chi connectivity index (χ1v) is 12.3. The molecule has 3 rings (SSSR count). The van der Waals surface area contributed by atoms with E-state index in [2.05, 4.69) is 64.8 Å². The van der Waals surface area contributed by atoms with Crippen LogP contribution in [-0.4, -0.2) is 10.0 Å². The van der Waals surface area contributed by atoms with Gasteiger partial charge in [0.15, 0.2) is 5.69 Å². The molecule has 1 N–H and O–H groups in total. The molecule has 0 unspecified atom stereocenters. The van der Waals surface area contributed by atoms with Gasteiger partial charge in [-0.15, -0.1) is 10.2 Å². The number of nitro benzene ring substituents is 1. The minimum Gasteiger partial charge on any atom is -0.505 e. The van der Waals surface area contributed by atoms with Crippen molar-refractivity contribution in [1.82, 2.24) is 0 Å². The third-order valence-electron chi connectivity index (χ3n) is 6.41. The van der Waals surface area contributed by atoms with E-state index in [0.29, 0.717) is 5.56 Å². The average Bonchev–Trinajstić information content (AvgIpc) is 2.77. The van der Waals surface area contributed by atoms with Gasteiger partial charge >= 0.3 is 0 Å². The van der Waals surface area contributed by atoms with Crippen LogP contribution in [0.4, 0.5) is 17.1 Å². The van der Waals surface area contributed by atoms with Crippen molar-refractivity contribution in [2.45, 2.75) is 65.7 Å². The maximum atomic E-state index is 11.5. The van der Waals surface area contributed by atoms with Crippen LogP contribution in [0.5, 0.6) is 5.75 Å². The number of halogens is 1. The summed E-state index contributed by atoms with van der Waals surface area (Å²) in [5.74, 6) is -0.000437. The fraction of sp³-hybridized carbons (Fsp3) is 0.379. The molecule has 0 aliphatic carbocycles. The number of nitrogens with zero attached hydrogens (tertiary/aromatic N) is 3.